The Labute approximate surface area is 142 Å². The molecule has 3 rings (SSSR count). The van der Waals surface area contributed by atoms with Gasteiger partial charge in [-0.3, -0.25) is 10.4 Å². The highest BCUT2D eigenvalue weighted by Gasteiger charge is 2.11. The number of halogens is 1. The van der Waals surface area contributed by atoms with Crippen LogP contribution in [0, 0.1) is 0 Å². The highest BCUT2D eigenvalue weighted by atomic mass is 35.5. The smallest absolute Gasteiger partial charge is 0.324 e. The summed E-state index contributed by atoms with van der Waals surface area (Å²) in [5.74, 6) is 1.70. The van der Waals surface area contributed by atoms with Crippen molar-refractivity contribution in [1.82, 2.24) is 19.7 Å². The van der Waals surface area contributed by atoms with Crippen LogP contribution in [0.4, 0.5) is 16.3 Å². The molecule has 0 unspecified atom stereocenters. The van der Waals surface area contributed by atoms with Crippen LogP contribution in [0.5, 0.6) is 5.75 Å². The number of hydrogen-bond donors (Lipinski definition) is 3. The van der Waals surface area contributed by atoms with Crippen molar-refractivity contribution < 1.29 is 9.53 Å². The Kier molecular flexibility index (Phi) is 4.39. The zero-order valence-corrected chi connectivity index (χ0v) is 13.8. The van der Waals surface area contributed by atoms with Gasteiger partial charge < -0.3 is 14.6 Å². The van der Waals surface area contributed by atoms with Gasteiger partial charge >= 0.3 is 6.03 Å². The van der Waals surface area contributed by atoms with Crippen LogP contribution in [0.1, 0.15) is 0 Å². The number of methoxy groups -OCH3 is 1. The molecule has 3 N–H and O–H groups in total. The zero-order chi connectivity index (χ0) is 17.1. The minimum absolute atomic E-state index is 0.370. The van der Waals surface area contributed by atoms with Crippen LogP contribution in [0.2, 0.25) is 5.02 Å². The molecular weight excluding hydrogens is 332 g/mol. The summed E-state index contributed by atoms with van der Waals surface area (Å²) in [6, 6.07) is 6.21. The summed E-state index contributed by atoms with van der Waals surface area (Å²) in [6.07, 6.45) is 3.50. The van der Waals surface area contributed by atoms with Crippen LogP contribution in [-0.2, 0) is 7.05 Å². The summed E-state index contributed by atoms with van der Waals surface area (Å²) in [4.78, 5) is 16.3. The molecule has 0 spiro atoms. The molecule has 0 bridgehead atoms. The van der Waals surface area contributed by atoms with E-state index < -0.39 is 6.03 Å². The van der Waals surface area contributed by atoms with E-state index in [-0.39, 0.29) is 0 Å². The summed E-state index contributed by atoms with van der Waals surface area (Å²) >= 11 is 6.09. The number of nitrogens with one attached hydrogen (secondary N) is 3. The second kappa shape index (κ2) is 6.63. The molecule has 0 radical (unpaired) electrons. The number of aromatic nitrogens is 4. The lowest BCUT2D eigenvalue weighted by molar-refractivity contribution is 0.262. The van der Waals surface area contributed by atoms with E-state index in [2.05, 4.69) is 25.8 Å². The maximum atomic E-state index is 12.1. The number of aryl methyl sites for hydroxylation is 1. The molecular formula is C15H15ClN6O2. The Bertz CT molecular complexity index is 872. The van der Waals surface area contributed by atoms with E-state index in [0.717, 1.165) is 0 Å². The molecule has 1 aromatic carbocycles. The van der Waals surface area contributed by atoms with E-state index in [1.807, 2.05) is 17.8 Å². The third-order valence-electron chi connectivity index (χ3n) is 3.31. The highest BCUT2D eigenvalue weighted by molar-refractivity contribution is 6.34. The molecule has 24 heavy (non-hydrogen) atoms. The van der Waals surface area contributed by atoms with Gasteiger partial charge in [-0.25, -0.2) is 9.78 Å². The Balaban J connectivity index is 1.67. The summed E-state index contributed by atoms with van der Waals surface area (Å²) in [5, 5.41) is 12.5. The molecule has 2 aromatic heterocycles. The maximum Gasteiger partial charge on any atom is 0.324 e. The molecule has 0 aliphatic rings. The van der Waals surface area contributed by atoms with E-state index in [0.29, 0.717) is 33.8 Å². The van der Waals surface area contributed by atoms with Gasteiger partial charge in [0.25, 0.3) is 0 Å². The standard InChI is InChI=1S/C15H15ClN6O2/c1-22-6-5-17-14(22)12-8-13(21-20-12)19-15(23)18-11-4-3-9(24-2)7-10(11)16/h3-8H,1-2H3,(H3,18,19,20,21,23). The van der Waals surface area contributed by atoms with Crippen molar-refractivity contribution in [2.24, 2.45) is 7.05 Å². The topological polar surface area (TPSA) is 96.9 Å². The fourth-order valence-corrected chi connectivity index (χ4v) is 2.34. The SMILES string of the molecule is COc1ccc(NC(=O)Nc2cc(-c3nccn3C)[nH]n2)c(Cl)c1. The van der Waals surface area contributed by atoms with Crippen molar-refractivity contribution in [3.05, 3.63) is 41.7 Å². The molecule has 0 atom stereocenters. The number of amides is 2. The second-order valence-corrected chi connectivity index (χ2v) is 5.36. The minimum Gasteiger partial charge on any atom is -0.497 e. The number of benzene rings is 1. The van der Waals surface area contributed by atoms with E-state index in [1.165, 1.54) is 0 Å². The van der Waals surface area contributed by atoms with Crippen molar-refractivity contribution in [2.75, 3.05) is 17.7 Å². The third kappa shape index (κ3) is 3.33. The van der Waals surface area contributed by atoms with E-state index in [1.54, 1.807) is 37.6 Å². The predicted octanol–water partition coefficient (Wildman–Crippen LogP) is 3.12. The van der Waals surface area contributed by atoms with Crippen LogP contribution in [0.25, 0.3) is 11.5 Å². The number of H-pyrrole nitrogens is 1. The fourth-order valence-electron chi connectivity index (χ4n) is 2.12. The van der Waals surface area contributed by atoms with E-state index in [9.17, 15) is 4.79 Å². The van der Waals surface area contributed by atoms with Crippen molar-refractivity contribution >= 4 is 29.1 Å². The first-order valence-electron chi connectivity index (χ1n) is 7.01. The first kappa shape index (κ1) is 15.9. The van der Waals surface area contributed by atoms with Crippen molar-refractivity contribution in [3.8, 4) is 17.3 Å². The molecule has 0 saturated heterocycles. The quantitative estimate of drug-likeness (QED) is 0.676. The number of carbonyl (C=O) groups excluding carboxylic acids is 1. The van der Waals surface area contributed by atoms with E-state index >= 15 is 0 Å². The molecule has 0 fully saturated rings. The van der Waals surface area contributed by atoms with Gasteiger partial charge in [0, 0.05) is 31.6 Å². The molecule has 2 amide bonds. The number of rotatable bonds is 4. The Morgan fingerprint density at radius 3 is 2.83 bits per heavy atom. The molecule has 3 aromatic rings. The summed E-state index contributed by atoms with van der Waals surface area (Å²) in [7, 11) is 3.41. The normalized spacial score (nSPS) is 10.5. The van der Waals surface area contributed by atoms with Gasteiger partial charge in [-0.1, -0.05) is 11.6 Å². The summed E-state index contributed by atoms with van der Waals surface area (Å²) < 4.78 is 6.91. The van der Waals surface area contributed by atoms with Crippen LogP contribution >= 0.6 is 11.6 Å². The average Bonchev–Trinajstić information content (AvgIpc) is 3.18. The van der Waals surface area contributed by atoms with Crippen LogP contribution < -0.4 is 15.4 Å². The lowest BCUT2D eigenvalue weighted by Crippen LogP contribution is -2.19. The third-order valence-corrected chi connectivity index (χ3v) is 3.62. The minimum atomic E-state index is -0.458. The Morgan fingerprint density at radius 1 is 1.33 bits per heavy atom. The number of anilines is 2. The van der Waals surface area contributed by atoms with Crippen molar-refractivity contribution in [3.63, 3.8) is 0 Å². The number of urea groups is 1. The monoisotopic (exact) mass is 346 g/mol. The number of nitrogens with zero attached hydrogens (tertiary/aromatic N) is 3. The average molecular weight is 347 g/mol. The first-order chi connectivity index (χ1) is 11.6. The van der Waals surface area contributed by atoms with Crippen LogP contribution in [0.15, 0.2) is 36.7 Å². The van der Waals surface area contributed by atoms with Crippen LogP contribution in [-0.4, -0.2) is 32.9 Å². The number of hydrogen-bond acceptors (Lipinski definition) is 4. The summed E-state index contributed by atoms with van der Waals surface area (Å²) in [6.45, 7) is 0. The molecule has 0 aliphatic heterocycles. The first-order valence-corrected chi connectivity index (χ1v) is 7.39. The van der Waals surface area contributed by atoms with E-state index in [4.69, 9.17) is 16.3 Å². The largest absolute Gasteiger partial charge is 0.497 e. The van der Waals surface area contributed by atoms with Gasteiger partial charge in [0.05, 0.1) is 17.8 Å². The lowest BCUT2D eigenvalue weighted by Gasteiger charge is -2.08. The molecule has 9 heteroatoms. The Hall–Kier alpha value is -3.00. The van der Waals surface area contributed by atoms with Gasteiger partial charge in [0.1, 0.15) is 11.4 Å². The predicted molar refractivity (Wildman–Crippen MR) is 91.4 cm³/mol. The number of ether oxygens (including phenoxy) is 1. The summed E-state index contributed by atoms with van der Waals surface area (Å²) in [5.41, 5.74) is 1.16. The van der Waals surface area contributed by atoms with Gasteiger partial charge in [-0.05, 0) is 12.1 Å². The van der Waals surface area contributed by atoms with Gasteiger partial charge in [0.15, 0.2) is 11.6 Å². The van der Waals surface area contributed by atoms with Gasteiger partial charge in [-0.15, -0.1) is 0 Å². The fraction of sp³-hybridized carbons (Fsp3) is 0.133. The number of carbonyl (C=O) groups is 1. The van der Waals surface area contributed by atoms with Crippen LogP contribution in [0.3, 0.4) is 0 Å². The maximum absolute atomic E-state index is 12.1. The van der Waals surface area contributed by atoms with Crippen molar-refractivity contribution in [1.29, 1.82) is 0 Å². The molecule has 124 valence electrons. The van der Waals surface area contributed by atoms with Crippen molar-refractivity contribution in [2.45, 2.75) is 0 Å². The molecule has 0 saturated carbocycles. The molecule has 0 aliphatic carbocycles. The molecule has 2 heterocycles. The molecule has 8 nitrogen and oxygen atoms in total. The number of aromatic amines is 1. The second-order valence-electron chi connectivity index (χ2n) is 4.95. The van der Waals surface area contributed by atoms with Gasteiger partial charge in [0.2, 0.25) is 0 Å². The highest BCUT2D eigenvalue weighted by Crippen LogP contribution is 2.26. The number of imidazole rings is 1. The lowest BCUT2D eigenvalue weighted by atomic mass is 10.3. The Morgan fingerprint density at radius 2 is 2.17 bits per heavy atom. The van der Waals surface area contributed by atoms with Gasteiger partial charge in [-0.2, -0.15) is 5.10 Å². The zero-order valence-electron chi connectivity index (χ0n) is 13.0.